The number of nitrogens with one attached hydrogen (secondary N) is 2. The molecule has 1 fully saturated rings. The maximum atomic E-state index is 12.0. The van der Waals surface area contributed by atoms with Crippen molar-refractivity contribution >= 4 is 17.8 Å². The van der Waals surface area contributed by atoms with Crippen LogP contribution in [0, 0.1) is 0 Å². The van der Waals surface area contributed by atoms with Gasteiger partial charge in [-0.25, -0.2) is 0 Å². The number of hydrogen-bond donors (Lipinski definition) is 2. The molecule has 1 amide bonds. The van der Waals surface area contributed by atoms with Crippen molar-refractivity contribution in [2.24, 2.45) is 0 Å². The van der Waals surface area contributed by atoms with Gasteiger partial charge in [0, 0.05) is 19.6 Å². The zero-order valence-electron chi connectivity index (χ0n) is 12.6. The highest BCUT2D eigenvalue weighted by molar-refractivity contribution is 5.80. The van der Waals surface area contributed by atoms with E-state index in [1.807, 2.05) is 4.90 Å². The summed E-state index contributed by atoms with van der Waals surface area (Å²) in [7, 11) is 1.50. The largest absolute Gasteiger partial charge is 0.467 e. The third kappa shape index (κ3) is 4.44. The molecular weight excluding hydrogens is 272 g/mol. The van der Waals surface area contributed by atoms with Gasteiger partial charge in [0.2, 0.25) is 17.8 Å². The molecule has 0 atom stereocenters. The van der Waals surface area contributed by atoms with Crippen LogP contribution in [0.3, 0.4) is 0 Å². The maximum Gasteiger partial charge on any atom is 0.322 e. The normalized spacial score (nSPS) is 14.1. The molecule has 0 radical (unpaired) electrons. The summed E-state index contributed by atoms with van der Waals surface area (Å²) in [5.41, 5.74) is 0. The minimum absolute atomic E-state index is 0.0648. The van der Waals surface area contributed by atoms with Crippen molar-refractivity contribution in [3.8, 4) is 6.01 Å². The van der Waals surface area contributed by atoms with Crippen LogP contribution in [-0.4, -0.2) is 59.0 Å². The summed E-state index contributed by atoms with van der Waals surface area (Å²) in [4.78, 5) is 26.2. The van der Waals surface area contributed by atoms with E-state index < -0.39 is 0 Å². The average Bonchev–Trinajstić information content (AvgIpc) is 3.04. The molecule has 1 aliphatic heterocycles. The predicted octanol–water partition coefficient (Wildman–Crippen LogP) is 0.736. The van der Waals surface area contributed by atoms with E-state index in [0.29, 0.717) is 11.9 Å². The first-order chi connectivity index (χ1) is 10.2. The van der Waals surface area contributed by atoms with Crippen LogP contribution in [0.15, 0.2) is 0 Å². The van der Waals surface area contributed by atoms with E-state index in [2.05, 4.69) is 32.5 Å². The lowest BCUT2D eigenvalue weighted by Crippen LogP contribution is -2.33. The molecule has 21 heavy (non-hydrogen) atoms. The first kappa shape index (κ1) is 15.3. The number of carbonyl (C=O) groups excluding carboxylic acids is 1. The summed E-state index contributed by atoms with van der Waals surface area (Å²) in [5.74, 6) is 0.850. The van der Waals surface area contributed by atoms with Crippen LogP contribution in [-0.2, 0) is 4.79 Å². The van der Waals surface area contributed by atoms with Crippen LogP contribution >= 0.6 is 0 Å². The van der Waals surface area contributed by atoms with Gasteiger partial charge in [-0.2, -0.15) is 15.0 Å². The second kappa shape index (κ2) is 7.61. The highest BCUT2D eigenvalue weighted by Gasteiger charge is 2.18. The van der Waals surface area contributed by atoms with Crippen LogP contribution in [0.25, 0.3) is 0 Å². The Morgan fingerprint density at radius 2 is 1.86 bits per heavy atom. The number of nitrogens with zero attached hydrogens (tertiary/aromatic N) is 4. The second-order valence-electron chi connectivity index (χ2n) is 4.84. The third-order valence-corrected chi connectivity index (χ3v) is 3.19. The van der Waals surface area contributed by atoms with E-state index in [9.17, 15) is 4.79 Å². The van der Waals surface area contributed by atoms with Crippen LogP contribution < -0.4 is 15.4 Å². The first-order valence-electron chi connectivity index (χ1n) is 7.28. The Kier molecular flexibility index (Phi) is 5.53. The number of likely N-dealkylation sites (tertiary alicyclic amines) is 1. The van der Waals surface area contributed by atoms with Gasteiger partial charge in [0.1, 0.15) is 0 Å². The SMILES string of the molecule is CCCNc1nc(NCC(=O)N2CCCC2)nc(OC)n1. The summed E-state index contributed by atoms with van der Waals surface area (Å²) in [5, 5.41) is 6.01. The Hall–Kier alpha value is -2.12. The van der Waals surface area contributed by atoms with E-state index in [1.165, 1.54) is 7.11 Å². The van der Waals surface area contributed by atoms with Gasteiger partial charge in [0.25, 0.3) is 0 Å². The van der Waals surface area contributed by atoms with Crippen LogP contribution in [0.2, 0.25) is 0 Å². The molecule has 0 saturated carbocycles. The van der Waals surface area contributed by atoms with Crippen LogP contribution in [0.4, 0.5) is 11.9 Å². The summed E-state index contributed by atoms with van der Waals surface area (Å²) in [6, 6.07) is 0.222. The zero-order valence-corrected chi connectivity index (χ0v) is 12.6. The molecule has 116 valence electrons. The summed E-state index contributed by atoms with van der Waals surface area (Å²) in [6.07, 6.45) is 3.12. The summed E-state index contributed by atoms with van der Waals surface area (Å²) < 4.78 is 5.04. The Bertz CT molecular complexity index is 476. The zero-order chi connectivity index (χ0) is 15.1. The molecule has 0 unspecified atom stereocenters. The molecule has 2 N–H and O–H groups in total. The third-order valence-electron chi connectivity index (χ3n) is 3.19. The lowest BCUT2D eigenvalue weighted by Gasteiger charge is -2.15. The Morgan fingerprint density at radius 3 is 2.48 bits per heavy atom. The molecule has 2 rings (SSSR count). The second-order valence-corrected chi connectivity index (χ2v) is 4.84. The van der Waals surface area contributed by atoms with Gasteiger partial charge in [0.15, 0.2) is 0 Å². The molecule has 8 heteroatoms. The standard InChI is InChI=1S/C13H22N6O2/c1-3-6-14-11-16-12(18-13(17-11)21-2)15-9-10(20)19-7-4-5-8-19/h3-9H2,1-2H3,(H2,14,15,16,17,18). The molecular formula is C13H22N6O2. The maximum absolute atomic E-state index is 12.0. The van der Waals surface area contributed by atoms with E-state index in [4.69, 9.17) is 4.74 Å². The number of hydrogen-bond acceptors (Lipinski definition) is 7. The number of methoxy groups -OCH3 is 1. The van der Waals surface area contributed by atoms with E-state index in [-0.39, 0.29) is 18.5 Å². The number of rotatable bonds is 7. The van der Waals surface area contributed by atoms with Gasteiger partial charge in [-0.3, -0.25) is 4.79 Å². The van der Waals surface area contributed by atoms with Crippen molar-refractivity contribution in [1.82, 2.24) is 19.9 Å². The van der Waals surface area contributed by atoms with Gasteiger partial charge >= 0.3 is 6.01 Å². The number of carbonyl (C=O) groups is 1. The fourth-order valence-electron chi connectivity index (χ4n) is 2.08. The van der Waals surface area contributed by atoms with Gasteiger partial charge in [-0.15, -0.1) is 0 Å². The summed E-state index contributed by atoms with van der Waals surface area (Å²) in [6.45, 7) is 4.67. The number of aromatic nitrogens is 3. The molecule has 8 nitrogen and oxygen atoms in total. The fourth-order valence-corrected chi connectivity index (χ4v) is 2.08. The molecule has 1 aliphatic rings. The average molecular weight is 294 g/mol. The monoisotopic (exact) mass is 294 g/mol. The molecule has 1 aromatic rings. The summed E-state index contributed by atoms with van der Waals surface area (Å²) >= 11 is 0. The van der Waals surface area contributed by atoms with Crippen LogP contribution in [0.1, 0.15) is 26.2 Å². The van der Waals surface area contributed by atoms with Gasteiger partial charge in [-0.05, 0) is 19.3 Å². The minimum Gasteiger partial charge on any atom is -0.467 e. The van der Waals surface area contributed by atoms with Gasteiger partial charge in [-0.1, -0.05) is 6.92 Å². The lowest BCUT2D eigenvalue weighted by atomic mass is 10.4. The smallest absolute Gasteiger partial charge is 0.322 e. The highest BCUT2D eigenvalue weighted by Crippen LogP contribution is 2.11. The number of amides is 1. The van der Waals surface area contributed by atoms with Crippen molar-refractivity contribution in [3.05, 3.63) is 0 Å². The molecule has 1 aromatic heterocycles. The number of anilines is 2. The Morgan fingerprint density at radius 1 is 1.19 bits per heavy atom. The predicted molar refractivity (Wildman–Crippen MR) is 79.5 cm³/mol. The fraction of sp³-hybridized carbons (Fsp3) is 0.692. The molecule has 0 aromatic carbocycles. The number of ether oxygens (including phenoxy) is 1. The molecule has 1 saturated heterocycles. The van der Waals surface area contributed by atoms with Crippen molar-refractivity contribution in [2.45, 2.75) is 26.2 Å². The topological polar surface area (TPSA) is 92.3 Å². The van der Waals surface area contributed by atoms with E-state index in [1.54, 1.807) is 0 Å². The van der Waals surface area contributed by atoms with Crippen molar-refractivity contribution in [3.63, 3.8) is 0 Å². The Balaban J connectivity index is 1.95. The van der Waals surface area contributed by atoms with Crippen molar-refractivity contribution in [2.75, 3.05) is 43.9 Å². The Labute approximate surface area is 124 Å². The van der Waals surface area contributed by atoms with Crippen molar-refractivity contribution in [1.29, 1.82) is 0 Å². The minimum atomic E-state index is 0.0648. The van der Waals surface area contributed by atoms with E-state index >= 15 is 0 Å². The van der Waals surface area contributed by atoms with Crippen molar-refractivity contribution < 1.29 is 9.53 Å². The molecule has 0 bridgehead atoms. The molecule has 2 heterocycles. The van der Waals surface area contributed by atoms with Gasteiger partial charge < -0.3 is 20.3 Å². The first-order valence-corrected chi connectivity index (χ1v) is 7.28. The molecule has 0 aliphatic carbocycles. The molecule has 0 spiro atoms. The lowest BCUT2D eigenvalue weighted by molar-refractivity contribution is -0.128. The quantitative estimate of drug-likeness (QED) is 0.766. The highest BCUT2D eigenvalue weighted by atomic mass is 16.5. The van der Waals surface area contributed by atoms with E-state index in [0.717, 1.165) is 38.9 Å². The van der Waals surface area contributed by atoms with Gasteiger partial charge in [0.05, 0.1) is 13.7 Å². The van der Waals surface area contributed by atoms with Crippen LogP contribution in [0.5, 0.6) is 6.01 Å².